The molecule has 0 spiro atoms. The van der Waals surface area contributed by atoms with E-state index < -0.39 is 5.97 Å². The molecule has 4 heteroatoms. The van der Waals surface area contributed by atoms with Gasteiger partial charge in [-0.05, 0) is 5.92 Å². The third kappa shape index (κ3) is 3.27. The fourth-order valence-electron chi connectivity index (χ4n) is 1.64. The Kier molecular flexibility index (Phi) is 4.35. The van der Waals surface area contributed by atoms with Crippen molar-refractivity contribution in [3.05, 3.63) is 0 Å². The van der Waals surface area contributed by atoms with Crippen LogP contribution in [0.1, 0.15) is 13.8 Å². The zero-order valence-electron chi connectivity index (χ0n) is 8.90. The van der Waals surface area contributed by atoms with E-state index in [-0.39, 0.29) is 11.8 Å². The summed E-state index contributed by atoms with van der Waals surface area (Å²) in [5.74, 6) is -0.755. The maximum absolute atomic E-state index is 11.0. The van der Waals surface area contributed by atoms with Gasteiger partial charge in [-0.15, -0.1) is 0 Å². The van der Waals surface area contributed by atoms with Crippen LogP contribution in [0.25, 0.3) is 0 Å². The summed E-state index contributed by atoms with van der Waals surface area (Å²) >= 11 is 0. The highest BCUT2D eigenvalue weighted by Gasteiger charge is 2.24. The minimum absolute atomic E-state index is 0.190. The van der Waals surface area contributed by atoms with Crippen LogP contribution in [0.3, 0.4) is 0 Å². The number of carboxylic acids is 1. The van der Waals surface area contributed by atoms with E-state index in [4.69, 9.17) is 9.84 Å². The van der Waals surface area contributed by atoms with Gasteiger partial charge < -0.3 is 9.84 Å². The summed E-state index contributed by atoms with van der Waals surface area (Å²) in [6.07, 6.45) is 0. The van der Waals surface area contributed by atoms with Gasteiger partial charge in [0.2, 0.25) is 0 Å². The molecule has 0 aliphatic carbocycles. The molecule has 1 fully saturated rings. The maximum atomic E-state index is 11.0. The summed E-state index contributed by atoms with van der Waals surface area (Å²) in [7, 11) is 0. The first-order valence-corrected chi connectivity index (χ1v) is 5.14. The Labute approximate surface area is 84.8 Å². The number of aliphatic carboxylic acids is 1. The lowest BCUT2D eigenvalue weighted by Gasteiger charge is -2.30. The van der Waals surface area contributed by atoms with E-state index in [2.05, 4.69) is 4.90 Å². The lowest BCUT2D eigenvalue weighted by atomic mass is 9.95. The molecule has 0 saturated carbocycles. The fraction of sp³-hybridized carbons (Fsp3) is 0.900. The largest absolute Gasteiger partial charge is 0.481 e. The molecule has 0 amide bonds. The van der Waals surface area contributed by atoms with Gasteiger partial charge in [0.15, 0.2) is 0 Å². The second-order valence-electron chi connectivity index (χ2n) is 4.10. The van der Waals surface area contributed by atoms with Gasteiger partial charge in [0.05, 0.1) is 19.1 Å². The van der Waals surface area contributed by atoms with E-state index in [1.807, 2.05) is 13.8 Å². The van der Waals surface area contributed by atoms with Crippen molar-refractivity contribution in [2.24, 2.45) is 11.8 Å². The van der Waals surface area contributed by atoms with Crippen molar-refractivity contribution in [1.82, 2.24) is 4.90 Å². The van der Waals surface area contributed by atoms with Crippen molar-refractivity contribution in [2.45, 2.75) is 13.8 Å². The van der Waals surface area contributed by atoms with Crippen molar-refractivity contribution < 1.29 is 14.6 Å². The number of carbonyl (C=O) groups is 1. The van der Waals surface area contributed by atoms with Crippen molar-refractivity contribution in [3.63, 3.8) is 0 Å². The zero-order chi connectivity index (χ0) is 10.6. The number of nitrogens with zero attached hydrogens (tertiary/aromatic N) is 1. The van der Waals surface area contributed by atoms with Gasteiger partial charge in [0, 0.05) is 19.6 Å². The Morgan fingerprint density at radius 1 is 1.43 bits per heavy atom. The van der Waals surface area contributed by atoms with Crippen LogP contribution in [0.4, 0.5) is 0 Å². The van der Waals surface area contributed by atoms with Crippen molar-refractivity contribution >= 4 is 5.97 Å². The van der Waals surface area contributed by atoms with Crippen LogP contribution in [-0.2, 0) is 9.53 Å². The third-order valence-electron chi connectivity index (χ3n) is 2.68. The SMILES string of the molecule is CC(C)C(CN1CCOCC1)C(=O)O. The van der Waals surface area contributed by atoms with Crippen LogP contribution in [0.2, 0.25) is 0 Å². The van der Waals surface area contributed by atoms with Gasteiger partial charge in [-0.2, -0.15) is 0 Å². The average Bonchev–Trinajstić information content (AvgIpc) is 2.15. The quantitative estimate of drug-likeness (QED) is 0.726. The van der Waals surface area contributed by atoms with E-state index in [1.54, 1.807) is 0 Å². The van der Waals surface area contributed by atoms with Crippen LogP contribution in [0, 0.1) is 11.8 Å². The molecule has 0 radical (unpaired) electrons. The zero-order valence-corrected chi connectivity index (χ0v) is 8.90. The van der Waals surface area contributed by atoms with Crippen molar-refractivity contribution in [1.29, 1.82) is 0 Å². The minimum Gasteiger partial charge on any atom is -0.481 e. The minimum atomic E-state index is -0.688. The molecular weight excluding hydrogens is 182 g/mol. The molecule has 1 heterocycles. The van der Waals surface area contributed by atoms with E-state index in [0.717, 1.165) is 26.3 Å². The highest BCUT2D eigenvalue weighted by Crippen LogP contribution is 2.13. The Bertz CT molecular complexity index is 188. The second-order valence-corrected chi connectivity index (χ2v) is 4.10. The molecule has 82 valence electrons. The van der Waals surface area contributed by atoms with E-state index in [1.165, 1.54) is 0 Å². The standard InChI is InChI=1S/C10H19NO3/c1-8(2)9(10(12)13)7-11-3-5-14-6-4-11/h8-9H,3-7H2,1-2H3,(H,12,13). The topological polar surface area (TPSA) is 49.8 Å². The first kappa shape index (κ1) is 11.5. The first-order valence-electron chi connectivity index (χ1n) is 5.14. The number of carboxylic acid groups (broad SMARTS) is 1. The molecule has 0 aromatic heterocycles. The molecule has 4 nitrogen and oxygen atoms in total. The summed E-state index contributed by atoms with van der Waals surface area (Å²) in [5.41, 5.74) is 0. The molecule has 1 aliphatic heterocycles. The molecule has 14 heavy (non-hydrogen) atoms. The second kappa shape index (κ2) is 5.32. The number of morpholine rings is 1. The highest BCUT2D eigenvalue weighted by molar-refractivity contribution is 5.70. The molecule has 1 aliphatic rings. The molecule has 0 aromatic carbocycles. The van der Waals surface area contributed by atoms with E-state index >= 15 is 0 Å². The van der Waals surface area contributed by atoms with Crippen molar-refractivity contribution in [2.75, 3.05) is 32.8 Å². The summed E-state index contributed by atoms with van der Waals surface area (Å²) in [4.78, 5) is 13.1. The highest BCUT2D eigenvalue weighted by atomic mass is 16.5. The summed E-state index contributed by atoms with van der Waals surface area (Å²) in [6, 6.07) is 0. The number of hydrogen-bond acceptors (Lipinski definition) is 3. The van der Waals surface area contributed by atoms with Gasteiger partial charge in [-0.25, -0.2) is 0 Å². The average molecular weight is 201 g/mol. The monoisotopic (exact) mass is 201 g/mol. The molecule has 1 saturated heterocycles. The predicted octanol–water partition coefficient (Wildman–Crippen LogP) is 0.675. The smallest absolute Gasteiger partial charge is 0.308 e. The van der Waals surface area contributed by atoms with Gasteiger partial charge in [-0.1, -0.05) is 13.8 Å². The van der Waals surface area contributed by atoms with Crippen LogP contribution in [0.15, 0.2) is 0 Å². The molecule has 0 aromatic rings. The molecule has 1 atom stereocenters. The molecule has 1 rings (SSSR count). The van der Waals surface area contributed by atoms with Gasteiger partial charge in [0.25, 0.3) is 0 Å². The lowest BCUT2D eigenvalue weighted by molar-refractivity contribution is -0.144. The summed E-state index contributed by atoms with van der Waals surface area (Å²) < 4.78 is 5.21. The molecular formula is C10H19NO3. The van der Waals surface area contributed by atoms with E-state index in [9.17, 15) is 4.79 Å². The Balaban J connectivity index is 2.41. The molecule has 1 unspecified atom stereocenters. The normalized spacial score (nSPS) is 21.1. The van der Waals surface area contributed by atoms with Gasteiger partial charge in [0.1, 0.15) is 0 Å². The van der Waals surface area contributed by atoms with Crippen LogP contribution >= 0.6 is 0 Å². The Morgan fingerprint density at radius 3 is 2.43 bits per heavy atom. The summed E-state index contributed by atoms with van der Waals surface area (Å²) in [6.45, 7) is 7.73. The third-order valence-corrected chi connectivity index (χ3v) is 2.68. The van der Waals surface area contributed by atoms with Gasteiger partial charge >= 0.3 is 5.97 Å². The molecule has 0 bridgehead atoms. The predicted molar refractivity (Wildman–Crippen MR) is 53.2 cm³/mol. The Hall–Kier alpha value is -0.610. The fourth-order valence-corrected chi connectivity index (χ4v) is 1.64. The number of hydrogen-bond donors (Lipinski definition) is 1. The number of rotatable bonds is 4. The number of ether oxygens (including phenoxy) is 1. The summed E-state index contributed by atoms with van der Waals surface area (Å²) in [5, 5.41) is 9.02. The first-order chi connectivity index (χ1) is 6.61. The van der Waals surface area contributed by atoms with E-state index in [0.29, 0.717) is 6.54 Å². The van der Waals surface area contributed by atoms with Crippen LogP contribution in [-0.4, -0.2) is 48.8 Å². The maximum Gasteiger partial charge on any atom is 0.308 e. The van der Waals surface area contributed by atoms with Crippen LogP contribution < -0.4 is 0 Å². The van der Waals surface area contributed by atoms with Crippen LogP contribution in [0.5, 0.6) is 0 Å². The molecule has 1 N–H and O–H groups in total. The van der Waals surface area contributed by atoms with Gasteiger partial charge in [-0.3, -0.25) is 9.69 Å². The van der Waals surface area contributed by atoms with Crippen molar-refractivity contribution in [3.8, 4) is 0 Å². The Morgan fingerprint density at radius 2 is 2.00 bits per heavy atom. The lowest BCUT2D eigenvalue weighted by Crippen LogP contribution is -2.42.